The van der Waals surface area contributed by atoms with E-state index in [-0.39, 0.29) is 18.4 Å². The second-order valence-electron chi connectivity index (χ2n) is 5.21. The van der Waals surface area contributed by atoms with E-state index in [0.717, 1.165) is 30.6 Å². The first-order valence-corrected chi connectivity index (χ1v) is 7.37. The van der Waals surface area contributed by atoms with Gasteiger partial charge in [0.15, 0.2) is 0 Å². The molecule has 5 heteroatoms. The summed E-state index contributed by atoms with van der Waals surface area (Å²) in [6.45, 7) is 1.24. The van der Waals surface area contributed by atoms with Crippen molar-refractivity contribution < 1.29 is 14.3 Å². The fraction of sp³-hybridized carbons (Fsp3) is 0.500. The van der Waals surface area contributed by atoms with Crippen LogP contribution in [0.15, 0.2) is 24.3 Å². The van der Waals surface area contributed by atoms with Gasteiger partial charge in [-0.1, -0.05) is 24.6 Å². The van der Waals surface area contributed by atoms with Gasteiger partial charge in [-0.25, -0.2) is 0 Å². The zero-order chi connectivity index (χ0) is 15.1. The first-order chi connectivity index (χ1) is 10.2. The number of para-hydroxylation sites is 1. The zero-order valence-electron chi connectivity index (χ0n) is 12.4. The van der Waals surface area contributed by atoms with Gasteiger partial charge in [0, 0.05) is 25.1 Å². The highest BCUT2D eigenvalue weighted by Gasteiger charge is 2.19. The first kappa shape index (κ1) is 15.4. The van der Waals surface area contributed by atoms with Crippen molar-refractivity contribution in [2.75, 3.05) is 20.2 Å². The molecule has 0 unspecified atom stereocenters. The monoisotopic (exact) mass is 290 g/mol. The summed E-state index contributed by atoms with van der Waals surface area (Å²) in [6.07, 6.45) is 3.52. The van der Waals surface area contributed by atoms with Crippen LogP contribution in [0.2, 0.25) is 0 Å². The van der Waals surface area contributed by atoms with Crippen molar-refractivity contribution in [3.8, 4) is 5.75 Å². The summed E-state index contributed by atoms with van der Waals surface area (Å²) in [5, 5.41) is 2.85. The van der Waals surface area contributed by atoms with Crippen molar-refractivity contribution >= 4 is 11.8 Å². The number of methoxy groups -OCH3 is 1. The molecule has 1 aliphatic rings. The Hall–Kier alpha value is -2.04. The Bertz CT molecular complexity index is 502. The number of nitrogens with one attached hydrogen (secondary N) is 1. The molecule has 1 saturated heterocycles. The van der Waals surface area contributed by atoms with Gasteiger partial charge in [-0.3, -0.25) is 9.59 Å². The fourth-order valence-corrected chi connectivity index (χ4v) is 2.48. The second kappa shape index (κ2) is 7.67. The first-order valence-electron chi connectivity index (χ1n) is 7.37. The zero-order valence-corrected chi connectivity index (χ0v) is 12.4. The van der Waals surface area contributed by atoms with E-state index in [1.165, 1.54) is 0 Å². The normalized spacial score (nSPS) is 15.5. The quantitative estimate of drug-likeness (QED) is 0.898. The predicted octanol–water partition coefficient (Wildman–Crippen LogP) is 1.71. The molecule has 2 rings (SSSR count). The minimum Gasteiger partial charge on any atom is -0.496 e. The van der Waals surface area contributed by atoms with Gasteiger partial charge in [-0.2, -0.15) is 0 Å². The number of likely N-dealkylation sites (tertiary alicyclic amines) is 1. The van der Waals surface area contributed by atoms with E-state index in [9.17, 15) is 9.59 Å². The molecule has 1 aliphatic heterocycles. The van der Waals surface area contributed by atoms with Crippen LogP contribution in [0.1, 0.15) is 31.2 Å². The summed E-state index contributed by atoms with van der Waals surface area (Å²) in [6, 6.07) is 7.57. The Morgan fingerprint density at radius 3 is 2.90 bits per heavy atom. The molecule has 2 amide bonds. The lowest BCUT2D eigenvalue weighted by Crippen LogP contribution is -2.40. The number of amides is 2. The van der Waals surface area contributed by atoms with Gasteiger partial charge in [0.2, 0.25) is 11.8 Å². The van der Waals surface area contributed by atoms with Crippen LogP contribution in [-0.2, 0) is 16.1 Å². The van der Waals surface area contributed by atoms with E-state index >= 15 is 0 Å². The standard InChI is InChI=1S/C16H22N2O3/c1-21-14-8-5-4-7-13(14)11-17-15(19)12-18-10-6-2-3-9-16(18)20/h4-5,7-8H,2-3,6,9-12H2,1H3,(H,17,19). The topological polar surface area (TPSA) is 58.6 Å². The van der Waals surface area contributed by atoms with Crippen LogP contribution < -0.4 is 10.1 Å². The van der Waals surface area contributed by atoms with Gasteiger partial charge in [0.1, 0.15) is 5.75 Å². The van der Waals surface area contributed by atoms with Crippen molar-refractivity contribution in [1.29, 1.82) is 0 Å². The molecule has 0 atom stereocenters. The number of hydrogen-bond acceptors (Lipinski definition) is 3. The van der Waals surface area contributed by atoms with Crippen LogP contribution in [-0.4, -0.2) is 36.9 Å². The molecule has 0 spiro atoms. The lowest BCUT2D eigenvalue weighted by atomic mass is 10.2. The molecular formula is C16H22N2O3. The maximum Gasteiger partial charge on any atom is 0.239 e. The number of benzene rings is 1. The van der Waals surface area contributed by atoms with Crippen LogP contribution in [0.25, 0.3) is 0 Å². The van der Waals surface area contributed by atoms with E-state index in [4.69, 9.17) is 4.74 Å². The van der Waals surface area contributed by atoms with Gasteiger partial charge in [-0.05, 0) is 18.9 Å². The molecule has 1 heterocycles. The lowest BCUT2D eigenvalue weighted by Gasteiger charge is -2.20. The fourth-order valence-electron chi connectivity index (χ4n) is 2.48. The molecule has 0 aromatic heterocycles. The maximum absolute atomic E-state index is 12.0. The summed E-state index contributed by atoms with van der Waals surface area (Å²) in [7, 11) is 1.61. The third-order valence-corrected chi connectivity index (χ3v) is 3.67. The lowest BCUT2D eigenvalue weighted by molar-refractivity contribution is -0.135. The van der Waals surface area contributed by atoms with Crippen LogP contribution in [0.5, 0.6) is 5.75 Å². The minimum atomic E-state index is -0.129. The van der Waals surface area contributed by atoms with Crippen molar-refractivity contribution in [3.05, 3.63) is 29.8 Å². The molecule has 1 aromatic carbocycles. The van der Waals surface area contributed by atoms with Gasteiger partial charge in [-0.15, -0.1) is 0 Å². The highest BCUT2D eigenvalue weighted by Crippen LogP contribution is 2.16. The Balaban J connectivity index is 1.85. The molecule has 0 saturated carbocycles. The van der Waals surface area contributed by atoms with Gasteiger partial charge >= 0.3 is 0 Å². The van der Waals surface area contributed by atoms with Crippen LogP contribution >= 0.6 is 0 Å². The third-order valence-electron chi connectivity index (χ3n) is 3.67. The SMILES string of the molecule is COc1ccccc1CNC(=O)CN1CCCCCC1=O. The highest BCUT2D eigenvalue weighted by atomic mass is 16.5. The molecule has 1 N–H and O–H groups in total. The average molecular weight is 290 g/mol. The molecule has 1 aromatic rings. The molecule has 0 aliphatic carbocycles. The number of nitrogens with zero attached hydrogens (tertiary/aromatic N) is 1. The number of carbonyl (C=O) groups is 2. The Kier molecular flexibility index (Phi) is 5.60. The average Bonchev–Trinajstić information content (AvgIpc) is 2.70. The maximum atomic E-state index is 12.0. The molecule has 0 bridgehead atoms. The largest absolute Gasteiger partial charge is 0.496 e. The van der Waals surface area contributed by atoms with Gasteiger partial charge in [0.05, 0.1) is 13.7 Å². The van der Waals surface area contributed by atoms with Crippen LogP contribution in [0.4, 0.5) is 0 Å². The molecule has 1 fully saturated rings. The van der Waals surface area contributed by atoms with Crippen molar-refractivity contribution in [3.63, 3.8) is 0 Å². The Morgan fingerprint density at radius 2 is 2.10 bits per heavy atom. The number of ether oxygens (including phenoxy) is 1. The Morgan fingerprint density at radius 1 is 1.29 bits per heavy atom. The summed E-state index contributed by atoms with van der Waals surface area (Å²) in [4.78, 5) is 25.5. The predicted molar refractivity (Wildman–Crippen MR) is 79.9 cm³/mol. The number of carbonyl (C=O) groups excluding carboxylic acids is 2. The Labute approximate surface area is 125 Å². The summed E-state index contributed by atoms with van der Waals surface area (Å²) in [5.41, 5.74) is 0.926. The molecule has 21 heavy (non-hydrogen) atoms. The molecule has 114 valence electrons. The molecular weight excluding hydrogens is 268 g/mol. The van der Waals surface area contributed by atoms with E-state index in [2.05, 4.69) is 5.32 Å². The highest BCUT2D eigenvalue weighted by molar-refractivity contribution is 5.84. The summed E-state index contributed by atoms with van der Waals surface area (Å²) >= 11 is 0. The summed E-state index contributed by atoms with van der Waals surface area (Å²) < 4.78 is 5.25. The van der Waals surface area contributed by atoms with Crippen molar-refractivity contribution in [1.82, 2.24) is 10.2 Å². The van der Waals surface area contributed by atoms with E-state index in [0.29, 0.717) is 19.5 Å². The second-order valence-corrected chi connectivity index (χ2v) is 5.21. The van der Waals surface area contributed by atoms with Crippen LogP contribution in [0.3, 0.4) is 0 Å². The smallest absolute Gasteiger partial charge is 0.239 e. The van der Waals surface area contributed by atoms with Crippen molar-refractivity contribution in [2.45, 2.75) is 32.2 Å². The number of hydrogen-bond donors (Lipinski definition) is 1. The molecule has 5 nitrogen and oxygen atoms in total. The minimum absolute atomic E-state index is 0.0833. The van der Waals surface area contributed by atoms with Gasteiger partial charge in [0.25, 0.3) is 0 Å². The van der Waals surface area contributed by atoms with Gasteiger partial charge < -0.3 is 15.0 Å². The van der Waals surface area contributed by atoms with Crippen molar-refractivity contribution in [2.24, 2.45) is 0 Å². The number of rotatable bonds is 5. The van der Waals surface area contributed by atoms with E-state index in [1.807, 2.05) is 24.3 Å². The molecule has 0 radical (unpaired) electrons. The van der Waals surface area contributed by atoms with E-state index < -0.39 is 0 Å². The third kappa shape index (κ3) is 4.48. The van der Waals surface area contributed by atoms with E-state index in [1.54, 1.807) is 12.0 Å². The summed E-state index contributed by atoms with van der Waals surface area (Å²) in [5.74, 6) is 0.708. The van der Waals surface area contributed by atoms with Crippen LogP contribution in [0, 0.1) is 0 Å².